The molecule has 2 aromatic carbocycles. The molecule has 1 aromatic heterocycles. The highest BCUT2D eigenvalue weighted by Gasteiger charge is 2.09. The van der Waals surface area contributed by atoms with Crippen LogP contribution in [0.2, 0.25) is 0 Å². The van der Waals surface area contributed by atoms with E-state index >= 15 is 0 Å². The van der Waals surface area contributed by atoms with Crippen LogP contribution in [-0.2, 0) is 22.7 Å². The summed E-state index contributed by atoms with van der Waals surface area (Å²) in [6.45, 7) is 4.34. The van der Waals surface area contributed by atoms with Gasteiger partial charge in [-0.15, -0.1) is 11.3 Å². The molecule has 3 rings (SSSR count). The predicted molar refractivity (Wildman–Crippen MR) is 124 cm³/mol. The third kappa shape index (κ3) is 6.79. The number of nitrogens with one attached hydrogen (secondary N) is 1. The Labute approximate surface area is 186 Å². The summed E-state index contributed by atoms with van der Waals surface area (Å²) in [6.07, 6.45) is 3.23. The van der Waals surface area contributed by atoms with Crippen LogP contribution < -0.4 is 10.1 Å². The fraction of sp³-hybridized carbons (Fsp3) is 0.208. The monoisotopic (exact) mass is 435 g/mol. The number of thiazole rings is 1. The van der Waals surface area contributed by atoms with Crippen molar-refractivity contribution in [2.75, 3.05) is 12.4 Å². The van der Waals surface area contributed by atoms with Crippen LogP contribution in [0.3, 0.4) is 0 Å². The summed E-state index contributed by atoms with van der Waals surface area (Å²) in [5.41, 5.74) is 3.36. The zero-order valence-corrected chi connectivity index (χ0v) is 18.6. The van der Waals surface area contributed by atoms with E-state index in [4.69, 9.17) is 4.74 Å². The number of benzene rings is 2. The highest BCUT2D eigenvalue weighted by Crippen LogP contribution is 2.18. The molecule has 7 heteroatoms. The first-order chi connectivity index (χ1) is 14.9. The number of anilines is 1. The number of ether oxygens (including phenoxy) is 1. The van der Waals surface area contributed by atoms with E-state index in [1.54, 1.807) is 29.4 Å². The van der Waals surface area contributed by atoms with Crippen molar-refractivity contribution >= 4 is 34.9 Å². The summed E-state index contributed by atoms with van der Waals surface area (Å²) in [4.78, 5) is 29.8. The topological polar surface area (TPSA) is 71.5 Å². The molecular weight excluding hydrogens is 410 g/mol. The third-order valence-electron chi connectivity index (χ3n) is 4.58. The maximum Gasteiger partial charge on any atom is 0.248 e. The van der Waals surface area contributed by atoms with Gasteiger partial charge < -0.3 is 15.0 Å². The minimum Gasteiger partial charge on any atom is -0.487 e. The molecule has 0 atom stereocenters. The average molecular weight is 436 g/mol. The van der Waals surface area contributed by atoms with E-state index in [1.807, 2.05) is 60.8 Å². The van der Waals surface area contributed by atoms with Gasteiger partial charge in [-0.1, -0.05) is 30.3 Å². The Morgan fingerprint density at radius 2 is 1.90 bits per heavy atom. The Morgan fingerprint density at radius 1 is 1.16 bits per heavy atom. The lowest BCUT2D eigenvalue weighted by atomic mass is 10.1. The summed E-state index contributed by atoms with van der Waals surface area (Å²) in [7, 11) is 1.73. The van der Waals surface area contributed by atoms with Gasteiger partial charge in [-0.3, -0.25) is 9.59 Å². The molecular formula is C24H25N3O3S. The zero-order chi connectivity index (χ0) is 22.2. The van der Waals surface area contributed by atoms with Crippen molar-refractivity contribution in [1.29, 1.82) is 0 Å². The first-order valence-corrected chi connectivity index (χ1v) is 10.7. The molecule has 0 saturated carbocycles. The summed E-state index contributed by atoms with van der Waals surface area (Å²) in [6, 6.07) is 15.0. The van der Waals surface area contributed by atoms with E-state index in [-0.39, 0.29) is 11.8 Å². The molecule has 0 fully saturated rings. The van der Waals surface area contributed by atoms with Gasteiger partial charge in [0, 0.05) is 37.7 Å². The quantitative estimate of drug-likeness (QED) is 0.523. The lowest BCUT2D eigenvalue weighted by Gasteiger charge is -2.17. The van der Waals surface area contributed by atoms with E-state index in [9.17, 15) is 9.59 Å². The number of nitrogens with zero attached hydrogens (tertiary/aromatic N) is 2. The molecule has 0 bridgehead atoms. The van der Waals surface area contributed by atoms with E-state index in [1.165, 1.54) is 13.0 Å². The second kappa shape index (κ2) is 10.5. The van der Waals surface area contributed by atoms with Crippen LogP contribution >= 0.6 is 11.3 Å². The van der Waals surface area contributed by atoms with Crippen LogP contribution in [-0.4, -0.2) is 28.7 Å². The smallest absolute Gasteiger partial charge is 0.248 e. The molecule has 1 N–H and O–H groups in total. The molecule has 6 nitrogen and oxygen atoms in total. The Morgan fingerprint density at radius 3 is 2.58 bits per heavy atom. The van der Waals surface area contributed by atoms with Crippen LogP contribution in [0.1, 0.15) is 28.8 Å². The minimum absolute atomic E-state index is 0.0323. The van der Waals surface area contributed by atoms with Crippen molar-refractivity contribution in [3.05, 3.63) is 81.8 Å². The second-order valence-electron chi connectivity index (χ2n) is 7.07. The molecule has 160 valence electrons. The largest absolute Gasteiger partial charge is 0.487 e. The van der Waals surface area contributed by atoms with Crippen molar-refractivity contribution in [3.63, 3.8) is 0 Å². The highest BCUT2D eigenvalue weighted by atomic mass is 32.1. The van der Waals surface area contributed by atoms with Gasteiger partial charge in [-0.05, 0) is 42.3 Å². The van der Waals surface area contributed by atoms with E-state index in [2.05, 4.69) is 10.3 Å². The van der Waals surface area contributed by atoms with E-state index in [0.29, 0.717) is 18.8 Å². The number of carbonyl (C=O) groups is 2. The molecule has 0 unspecified atom stereocenters. The van der Waals surface area contributed by atoms with E-state index < -0.39 is 0 Å². The fourth-order valence-electron chi connectivity index (χ4n) is 2.80. The van der Waals surface area contributed by atoms with Gasteiger partial charge >= 0.3 is 0 Å². The molecule has 0 saturated heterocycles. The molecule has 1 heterocycles. The first kappa shape index (κ1) is 22.2. The molecule has 31 heavy (non-hydrogen) atoms. The number of hydrogen-bond donors (Lipinski definition) is 1. The number of para-hydroxylation sites is 1. The Bertz CT molecular complexity index is 1070. The molecule has 3 aromatic rings. The second-order valence-corrected chi connectivity index (χ2v) is 8.13. The predicted octanol–water partition coefficient (Wildman–Crippen LogP) is 4.66. The molecule has 0 aliphatic rings. The van der Waals surface area contributed by atoms with Gasteiger partial charge in [0.15, 0.2) is 0 Å². The van der Waals surface area contributed by atoms with Crippen LogP contribution in [0.5, 0.6) is 5.75 Å². The maximum atomic E-state index is 12.4. The number of carbonyl (C=O) groups excluding carboxylic acids is 2. The number of aromatic nitrogens is 1. The molecule has 0 aliphatic heterocycles. The number of hydrogen-bond acceptors (Lipinski definition) is 5. The van der Waals surface area contributed by atoms with Gasteiger partial charge in [0.25, 0.3) is 0 Å². The lowest BCUT2D eigenvalue weighted by Crippen LogP contribution is -2.24. The third-order valence-corrected chi connectivity index (χ3v) is 5.40. The highest BCUT2D eigenvalue weighted by molar-refractivity contribution is 7.09. The molecule has 0 aliphatic carbocycles. The first-order valence-electron chi connectivity index (χ1n) is 9.83. The van der Waals surface area contributed by atoms with Crippen LogP contribution in [0.15, 0.2) is 60.0 Å². The minimum atomic E-state index is -0.239. The van der Waals surface area contributed by atoms with E-state index in [0.717, 1.165) is 27.6 Å². The lowest BCUT2D eigenvalue weighted by molar-refractivity contribution is -0.128. The van der Waals surface area contributed by atoms with Gasteiger partial charge in [0.05, 0.1) is 10.7 Å². The summed E-state index contributed by atoms with van der Waals surface area (Å²) in [5.74, 6) is 0.475. The molecule has 2 amide bonds. The average Bonchev–Trinajstić information content (AvgIpc) is 3.18. The summed E-state index contributed by atoms with van der Waals surface area (Å²) < 4.78 is 5.74. The maximum absolute atomic E-state index is 12.4. The standard InChI is InChI=1S/C24H25N3O3S/c1-17-25-21(16-31-17)15-30-22-11-8-19(9-12-22)10-13-24(29)26-23-7-5-4-6-20(23)14-27(3)18(2)28/h4-13,16H,14-15H2,1-3H3,(H,26,29)/b13-10+. The van der Waals surface area contributed by atoms with Crippen LogP contribution in [0.25, 0.3) is 6.08 Å². The van der Waals surface area contributed by atoms with Crippen molar-refractivity contribution in [1.82, 2.24) is 9.88 Å². The fourth-order valence-corrected chi connectivity index (χ4v) is 3.40. The van der Waals surface area contributed by atoms with Gasteiger partial charge in [-0.2, -0.15) is 0 Å². The van der Waals surface area contributed by atoms with Crippen LogP contribution in [0, 0.1) is 6.92 Å². The SMILES string of the molecule is CC(=O)N(C)Cc1ccccc1NC(=O)/C=C/c1ccc(OCc2csc(C)n2)cc1. The number of rotatable bonds is 8. The summed E-state index contributed by atoms with van der Waals surface area (Å²) in [5, 5.41) is 5.89. The van der Waals surface area contributed by atoms with Gasteiger partial charge in [-0.25, -0.2) is 4.98 Å². The van der Waals surface area contributed by atoms with Crippen molar-refractivity contribution in [2.24, 2.45) is 0 Å². The molecule has 0 radical (unpaired) electrons. The van der Waals surface area contributed by atoms with Crippen molar-refractivity contribution < 1.29 is 14.3 Å². The number of amides is 2. The summed E-state index contributed by atoms with van der Waals surface area (Å²) >= 11 is 1.60. The van der Waals surface area contributed by atoms with Crippen LogP contribution in [0.4, 0.5) is 5.69 Å². The Kier molecular flexibility index (Phi) is 7.56. The van der Waals surface area contributed by atoms with Gasteiger partial charge in [0.1, 0.15) is 12.4 Å². The normalized spacial score (nSPS) is 10.8. The van der Waals surface area contributed by atoms with Crippen molar-refractivity contribution in [3.8, 4) is 5.75 Å². The Hall–Kier alpha value is -3.45. The Balaban J connectivity index is 1.56. The van der Waals surface area contributed by atoms with Gasteiger partial charge in [0.2, 0.25) is 11.8 Å². The van der Waals surface area contributed by atoms with Crippen molar-refractivity contribution in [2.45, 2.75) is 27.0 Å². The zero-order valence-electron chi connectivity index (χ0n) is 17.8. The molecule has 0 spiro atoms. The number of aryl methyl sites for hydroxylation is 1.